The largest absolute Gasteiger partial charge is 0.495 e. The van der Waals surface area contributed by atoms with E-state index in [-0.39, 0.29) is 5.91 Å². The third kappa shape index (κ3) is 4.48. The van der Waals surface area contributed by atoms with Gasteiger partial charge in [0, 0.05) is 45.3 Å². The summed E-state index contributed by atoms with van der Waals surface area (Å²) in [4.78, 5) is 21.4. The minimum Gasteiger partial charge on any atom is -0.495 e. The van der Waals surface area contributed by atoms with Gasteiger partial charge in [-0.3, -0.25) is 9.69 Å². The minimum atomic E-state index is 0.257. The Bertz CT molecular complexity index is 599. The highest BCUT2D eigenvalue weighted by molar-refractivity contribution is 5.78. The van der Waals surface area contributed by atoms with Crippen LogP contribution >= 0.6 is 0 Å². The van der Waals surface area contributed by atoms with Gasteiger partial charge < -0.3 is 19.4 Å². The first-order valence-electron chi connectivity index (χ1n) is 9.63. The first-order valence-corrected chi connectivity index (χ1v) is 9.63. The van der Waals surface area contributed by atoms with Crippen LogP contribution in [0.25, 0.3) is 0 Å². The average Bonchev–Trinajstić information content (AvgIpc) is 2.67. The zero-order valence-corrected chi connectivity index (χ0v) is 16.4. The van der Waals surface area contributed by atoms with Gasteiger partial charge in [0.15, 0.2) is 0 Å². The van der Waals surface area contributed by atoms with E-state index in [1.54, 1.807) is 7.11 Å². The summed E-state index contributed by atoms with van der Waals surface area (Å²) in [7, 11) is 5.64. The lowest BCUT2D eigenvalue weighted by molar-refractivity contribution is -0.134. The molecule has 1 amide bonds. The maximum absolute atomic E-state index is 12.4. The molecule has 0 N–H and O–H groups in total. The summed E-state index contributed by atoms with van der Waals surface area (Å²) in [5.74, 6) is 1.20. The molecule has 0 unspecified atom stereocenters. The van der Waals surface area contributed by atoms with E-state index in [0.29, 0.717) is 12.6 Å². The highest BCUT2D eigenvalue weighted by Crippen LogP contribution is 2.29. The van der Waals surface area contributed by atoms with Gasteiger partial charge in [-0.1, -0.05) is 12.1 Å². The van der Waals surface area contributed by atoms with Crippen molar-refractivity contribution in [3.8, 4) is 5.75 Å². The number of hydrogen-bond donors (Lipinski definition) is 0. The molecule has 2 heterocycles. The molecule has 2 aliphatic heterocycles. The Labute approximate surface area is 157 Å². The number of piperidine rings is 1. The van der Waals surface area contributed by atoms with Gasteiger partial charge in [0.25, 0.3) is 0 Å². The van der Waals surface area contributed by atoms with Gasteiger partial charge in [-0.15, -0.1) is 0 Å². The molecule has 6 nitrogen and oxygen atoms in total. The number of carbonyl (C=O) groups is 1. The van der Waals surface area contributed by atoms with Crippen LogP contribution < -0.4 is 9.64 Å². The van der Waals surface area contributed by atoms with E-state index < -0.39 is 0 Å². The summed E-state index contributed by atoms with van der Waals surface area (Å²) >= 11 is 0. The molecule has 0 saturated carbocycles. The van der Waals surface area contributed by atoms with Crippen LogP contribution in [0, 0.1) is 0 Å². The number of ether oxygens (including phenoxy) is 1. The van der Waals surface area contributed by atoms with Crippen molar-refractivity contribution in [2.75, 3.05) is 71.9 Å². The fraction of sp³-hybridized carbons (Fsp3) is 0.650. The Balaban J connectivity index is 1.55. The zero-order chi connectivity index (χ0) is 18.5. The zero-order valence-electron chi connectivity index (χ0n) is 16.4. The number of benzene rings is 1. The number of likely N-dealkylation sites (N-methyl/N-ethyl adjacent to an activating group) is 1. The van der Waals surface area contributed by atoms with Gasteiger partial charge in [0.05, 0.1) is 19.3 Å². The molecular formula is C20H32N4O2. The molecule has 2 aliphatic rings. The number of carbonyl (C=O) groups excluding carboxylic acids is 1. The molecule has 3 rings (SSSR count). The van der Waals surface area contributed by atoms with Crippen LogP contribution in [-0.4, -0.2) is 93.7 Å². The Morgan fingerprint density at radius 2 is 1.88 bits per heavy atom. The van der Waals surface area contributed by atoms with Crippen LogP contribution in [0.2, 0.25) is 0 Å². The molecule has 1 aromatic rings. The highest BCUT2D eigenvalue weighted by atomic mass is 16.5. The molecule has 0 radical (unpaired) electrons. The number of amides is 1. The van der Waals surface area contributed by atoms with Crippen molar-refractivity contribution in [1.82, 2.24) is 14.7 Å². The van der Waals surface area contributed by atoms with E-state index in [1.165, 1.54) is 12.1 Å². The van der Waals surface area contributed by atoms with Crippen molar-refractivity contribution >= 4 is 11.6 Å². The standard InChI is InChI=1S/C20H32N4O2/c1-21(2)16-20(25)24-10-6-7-17(15-24)22-11-13-23(14-12-22)18-8-4-5-9-19(18)26-3/h4-5,8-9,17H,6-7,10-16H2,1-3H3/t17-/m1/s1. The molecule has 0 bridgehead atoms. The van der Waals surface area contributed by atoms with Crippen molar-refractivity contribution in [1.29, 1.82) is 0 Å². The fourth-order valence-corrected chi connectivity index (χ4v) is 4.07. The molecule has 0 aliphatic carbocycles. The highest BCUT2D eigenvalue weighted by Gasteiger charge is 2.30. The monoisotopic (exact) mass is 360 g/mol. The third-order valence-corrected chi connectivity index (χ3v) is 5.46. The Hall–Kier alpha value is -1.79. The molecule has 2 fully saturated rings. The molecule has 2 saturated heterocycles. The number of rotatable bonds is 5. The average molecular weight is 361 g/mol. The van der Waals surface area contributed by atoms with Crippen molar-refractivity contribution < 1.29 is 9.53 Å². The summed E-state index contributed by atoms with van der Waals surface area (Å²) in [5, 5.41) is 0. The summed E-state index contributed by atoms with van der Waals surface area (Å²) < 4.78 is 5.51. The third-order valence-electron chi connectivity index (χ3n) is 5.46. The van der Waals surface area contributed by atoms with E-state index in [2.05, 4.69) is 26.8 Å². The molecule has 144 valence electrons. The van der Waals surface area contributed by atoms with Gasteiger partial charge in [0.2, 0.25) is 5.91 Å². The van der Waals surface area contributed by atoms with Crippen molar-refractivity contribution in [2.45, 2.75) is 18.9 Å². The van der Waals surface area contributed by atoms with Crippen LogP contribution in [0.1, 0.15) is 12.8 Å². The van der Waals surface area contributed by atoms with Crippen LogP contribution in [0.4, 0.5) is 5.69 Å². The van der Waals surface area contributed by atoms with E-state index in [1.807, 2.05) is 31.1 Å². The molecular weight excluding hydrogens is 328 g/mol. The summed E-state index contributed by atoms with van der Waals surface area (Å²) in [5.41, 5.74) is 1.18. The lowest BCUT2D eigenvalue weighted by Gasteiger charge is -2.44. The number of likely N-dealkylation sites (tertiary alicyclic amines) is 1. The van der Waals surface area contributed by atoms with Crippen LogP contribution in [0.5, 0.6) is 5.75 Å². The molecule has 1 aromatic carbocycles. The fourth-order valence-electron chi connectivity index (χ4n) is 4.07. The van der Waals surface area contributed by atoms with Gasteiger partial charge in [-0.05, 0) is 39.1 Å². The first-order chi connectivity index (χ1) is 12.6. The topological polar surface area (TPSA) is 39.3 Å². The molecule has 0 spiro atoms. The smallest absolute Gasteiger partial charge is 0.236 e. The van der Waals surface area contributed by atoms with E-state index in [4.69, 9.17) is 4.74 Å². The maximum atomic E-state index is 12.4. The second-order valence-electron chi connectivity index (χ2n) is 7.57. The molecule has 26 heavy (non-hydrogen) atoms. The van der Waals surface area contributed by atoms with Crippen molar-refractivity contribution in [3.63, 3.8) is 0 Å². The number of methoxy groups -OCH3 is 1. The Morgan fingerprint density at radius 1 is 1.15 bits per heavy atom. The van der Waals surface area contributed by atoms with E-state index in [0.717, 1.165) is 51.4 Å². The Morgan fingerprint density at radius 3 is 2.58 bits per heavy atom. The van der Waals surface area contributed by atoms with Crippen LogP contribution in [0.15, 0.2) is 24.3 Å². The second kappa shape index (κ2) is 8.73. The van der Waals surface area contributed by atoms with Gasteiger partial charge in [-0.2, -0.15) is 0 Å². The second-order valence-corrected chi connectivity index (χ2v) is 7.57. The Kier molecular flexibility index (Phi) is 6.38. The number of anilines is 1. The lowest BCUT2D eigenvalue weighted by Crippen LogP contribution is -2.56. The van der Waals surface area contributed by atoms with Crippen molar-refractivity contribution in [3.05, 3.63) is 24.3 Å². The number of hydrogen-bond acceptors (Lipinski definition) is 5. The number of para-hydroxylation sites is 2. The van der Waals surface area contributed by atoms with E-state index in [9.17, 15) is 4.79 Å². The number of piperazine rings is 1. The van der Waals surface area contributed by atoms with Gasteiger partial charge in [0.1, 0.15) is 5.75 Å². The van der Waals surface area contributed by atoms with Crippen LogP contribution in [0.3, 0.4) is 0 Å². The van der Waals surface area contributed by atoms with Gasteiger partial charge in [-0.25, -0.2) is 0 Å². The van der Waals surface area contributed by atoms with Gasteiger partial charge >= 0.3 is 0 Å². The lowest BCUT2D eigenvalue weighted by atomic mass is 10.0. The quantitative estimate of drug-likeness (QED) is 0.793. The molecule has 1 atom stereocenters. The predicted molar refractivity (Wildman–Crippen MR) is 105 cm³/mol. The summed E-state index contributed by atoms with van der Waals surface area (Å²) in [6.45, 7) is 6.38. The predicted octanol–water partition coefficient (Wildman–Crippen LogP) is 1.37. The summed E-state index contributed by atoms with van der Waals surface area (Å²) in [6.07, 6.45) is 2.30. The summed E-state index contributed by atoms with van der Waals surface area (Å²) in [6, 6.07) is 8.74. The molecule has 6 heteroatoms. The van der Waals surface area contributed by atoms with Crippen LogP contribution in [-0.2, 0) is 4.79 Å². The molecule has 0 aromatic heterocycles. The van der Waals surface area contributed by atoms with Crippen molar-refractivity contribution in [2.24, 2.45) is 0 Å². The normalized spacial score (nSPS) is 21.9. The van der Waals surface area contributed by atoms with E-state index >= 15 is 0 Å². The SMILES string of the molecule is COc1ccccc1N1CCN([C@@H]2CCCN(C(=O)CN(C)C)C2)CC1. The number of nitrogens with zero attached hydrogens (tertiary/aromatic N) is 4. The minimum absolute atomic E-state index is 0.257. The first kappa shape index (κ1) is 19.0. The maximum Gasteiger partial charge on any atom is 0.236 e.